The van der Waals surface area contributed by atoms with Crippen molar-refractivity contribution in [1.29, 1.82) is 0 Å². The van der Waals surface area contributed by atoms with E-state index in [1.165, 1.54) is 6.08 Å². The van der Waals surface area contributed by atoms with Crippen LogP contribution in [0.4, 0.5) is 16.2 Å². The Morgan fingerprint density at radius 1 is 1.08 bits per heavy atom. The number of hydrogen-bond donors (Lipinski definition) is 2. The van der Waals surface area contributed by atoms with Crippen molar-refractivity contribution in [1.82, 2.24) is 5.32 Å². The number of hydrogen-bond acceptors (Lipinski definition) is 5. The number of amides is 5. The van der Waals surface area contributed by atoms with Gasteiger partial charge < -0.3 is 10.1 Å². The molecule has 0 bridgehead atoms. The first kappa shape index (κ1) is 25.2. The highest BCUT2D eigenvalue weighted by Crippen LogP contribution is 2.31. The average Bonchev–Trinajstić information content (AvgIpc) is 2.84. The molecule has 2 N–H and O–H groups in total. The fourth-order valence-corrected chi connectivity index (χ4v) is 4.04. The predicted octanol–water partition coefficient (Wildman–Crippen LogP) is 5.09. The molecule has 0 atom stereocenters. The number of barbiturate groups is 1. The molecule has 3 aromatic rings. The molecule has 0 saturated carbocycles. The van der Waals surface area contributed by atoms with Crippen LogP contribution < -0.4 is 20.3 Å². The Morgan fingerprint density at radius 2 is 1.83 bits per heavy atom. The van der Waals surface area contributed by atoms with Crippen molar-refractivity contribution in [2.24, 2.45) is 0 Å². The van der Waals surface area contributed by atoms with Crippen molar-refractivity contribution in [3.8, 4) is 5.75 Å². The van der Waals surface area contributed by atoms with E-state index in [-0.39, 0.29) is 29.5 Å². The summed E-state index contributed by atoms with van der Waals surface area (Å²) in [5.74, 6) is -1.80. The van der Waals surface area contributed by atoms with Crippen molar-refractivity contribution in [3.05, 3.63) is 92.9 Å². The fraction of sp³-hybridized carbons (Fsp3) is 0.0769. The molecule has 3 aromatic carbocycles. The van der Waals surface area contributed by atoms with Crippen LogP contribution in [0.15, 0.2) is 76.8 Å². The number of ether oxygens (including phenoxy) is 1. The van der Waals surface area contributed by atoms with E-state index < -0.39 is 17.8 Å². The third-order valence-electron chi connectivity index (χ3n) is 5.27. The number of rotatable bonds is 6. The maximum absolute atomic E-state index is 13.3. The molecule has 1 heterocycles. The number of halogens is 2. The number of benzene rings is 3. The van der Waals surface area contributed by atoms with Crippen molar-refractivity contribution in [2.75, 3.05) is 16.8 Å². The smallest absolute Gasteiger partial charge is 0.335 e. The molecule has 1 aliphatic rings. The summed E-state index contributed by atoms with van der Waals surface area (Å²) in [6.07, 6.45) is 1.31. The monoisotopic (exact) mass is 567 g/mol. The zero-order valence-corrected chi connectivity index (χ0v) is 21.2. The molecule has 1 saturated heterocycles. The van der Waals surface area contributed by atoms with Crippen LogP contribution in [-0.4, -0.2) is 30.4 Å². The van der Waals surface area contributed by atoms with Crippen molar-refractivity contribution in [3.63, 3.8) is 0 Å². The first-order valence-electron chi connectivity index (χ1n) is 10.7. The van der Waals surface area contributed by atoms with E-state index in [9.17, 15) is 19.2 Å². The van der Waals surface area contributed by atoms with Gasteiger partial charge >= 0.3 is 6.03 Å². The maximum atomic E-state index is 13.3. The summed E-state index contributed by atoms with van der Waals surface area (Å²) in [4.78, 5) is 51.7. The summed E-state index contributed by atoms with van der Waals surface area (Å²) in [6.45, 7) is 1.36. The number of imide groups is 2. The molecular formula is C26H19BrClN3O5. The largest absolute Gasteiger partial charge is 0.483 e. The number of nitrogens with zero attached hydrogens (tertiary/aromatic N) is 1. The third-order valence-corrected chi connectivity index (χ3v) is 6.17. The summed E-state index contributed by atoms with van der Waals surface area (Å²) < 4.78 is 6.34. The second-order valence-corrected chi connectivity index (χ2v) is 9.05. The van der Waals surface area contributed by atoms with Gasteiger partial charge in [0.1, 0.15) is 11.3 Å². The van der Waals surface area contributed by atoms with Crippen LogP contribution in [0, 0.1) is 6.92 Å². The Morgan fingerprint density at radius 3 is 2.58 bits per heavy atom. The Kier molecular flexibility index (Phi) is 7.52. The van der Waals surface area contributed by atoms with Crippen LogP contribution in [0.25, 0.3) is 6.08 Å². The minimum Gasteiger partial charge on any atom is -0.483 e. The van der Waals surface area contributed by atoms with Crippen LogP contribution in [0.1, 0.15) is 11.1 Å². The van der Waals surface area contributed by atoms with Gasteiger partial charge in [0.15, 0.2) is 6.61 Å². The fourth-order valence-electron chi connectivity index (χ4n) is 3.50. The summed E-state index contributed by atoms with van der Waals surface area (Å²) in [6, 6.07) is 17.7. The molecule has 1 fully saturated rings. The van der Waals surface area contributed by atoms with E-state index in [0.29, 0.717) is 26.3 Å². The average molecular weight is 569 g/mol. The summed E-state index contributed by atoms with van der Waals surface area (Å²) in [5, 5.41) is 5.27. The highest BCUT2D eigenvalue weighted by Gasteiger charge is 2.37. The highest BCUT2D eigenvalue weighted by atomic mass is 79.9. The number of urea groups is 1. The van der Waals surface area contributed by atoms with E-state index >= 15 is 0 Å². The molecule has 0 aromatic heterocycles. The number of carbonyl (C=O) groups excluding carboxylic acids is 4. The zero-order chi connectivity index (χ0) is 25.8. The molecule has 0 spiro atoms. The van der Waals surface area contributed by atoms with E-state index in [1.54, 1.807) is 67.6 Å². The number of nitrogens with one attached hydrogen (secondary N) is 2. The molecule has 182 valence electrons. The van der Waals surface area contributed by atoms with Crippen LogP contribution in [0.3, 0.4) is 0 Å². The first-order valence-corrected chi connectivity index (χ1v) is 11.9. The van der Waals surface area contributed by atoms with Crippen molar-refractivity contribution >= 4 is 68.7 Å². The Bertz CT molecular complexity index is 1410. The van der Waals surface area contributed by atoms with Gasteiger partial charge in [0.2, 0.25) is 0 Å². The van der Waals surface area contributed by atoms with Crippen molar-refractivity contribution < 1.29 is 23.9 Å². The Balaban J connectivity index is 1.62. The van der Waals surface area contributed by atoms with Gasteiger partial charge in [-0.15, -0.1) is 0 Å². The van der Waals surface area contributed by atoms with Gasteiger partial charge in [-0.2, -0.15) is 0 Å². The van der Waals surface area contributed by atoms with Gasteiger partial charge in [-0.05, 0) is 61.0 Å². The van der Waals surface area contributed by atoms with E-state index in [1.807, 2.05) is 6.07 Å². The molecule has 0 radical (unpaired) electrons. The molecule has 10 heteroatoms. The van der Waals surface area contributed by atoms with Crippen LogP contribution in [0.5, 0.6) is 5.75 Å². The number of carbonyl (C=O) groups is 4. The Hall–Kier alpha value is -3.95. The van der Waals surface area contributed by atoms with Crippen LogP contribution in [0.2, 0.25) is 5.02 Å². The quantitative estimate of drug-likeness (QED) is 0.318. The summed E-state index contributed by atoms with van der Waals surface area (Å²) in [5.41, 5.74) is 1.45. The zero-order valence-electron chi connectivity index (χ0n) is 18.9. The SMILES string of the molecule is Cc1c(Cl)cccc1N1C(=O)NC(=O)/C(=C\c2cc(Br)ccc2OCC(=O)Nc2ccccc2)C1=O. The molecule has 0 aliphatic carbocycles. The lowest BCUT2D eigenvalue weighted by Crippen LogP contribution is -2.54. The van der Waals surface area contributed by atoms with Gasteiger partial charge in [0.25, 0.3) is 17.7 Å². The maximum Gasteiger partial charge on any atom is 0.335 e. The van der Waals surface area contributed by atoms with Gasteiger partial charge in [-0.3, -0.25) is 19.7 Å². The minimum atomic E-state index is -0.879. The summed E-state index contributed by atoms with van der Waals surface area (Å²) in [7, 11) is 0. The molecule has 5 amide bonds. The topological polar surface area (TPSA) is 105 Å². The lowest BCUT2D eigenvalue weighted by Gasteiger charge is -2.27. The second-order valence-electron chi connectivity index (χ2n) is 7.73. The van der Waals surface area contributed by atoms with Crippen LogP contribution in [-0.2, 0) is 14.4 Å². The normalized spacial score (nSPS) is 14.6. The standard InChI is InChI=1S/C26H19BrClN3O5/c1-15-20(28)8-5-9-21(15)31-25(34)19(24(33)30-26(31)35)13-16-12-17(27)10-11-22(16)36-14-23(32)29-18-6-3-2-4-7-18/h2-13H,14H2,1H3,(H,29,32)(H,30,33,35)/b19-13+. The van der Waals surface area contributed by atoms with E-state index in [4.69, 9.17) is 16.3 Å². The van der Waals surface area contributed by atoms with Gasteiger partial charge in [-0.1, -0.05) is 51.8 Å². The lowest BCUT2D eigenvalue weighted by atomic mass is 10.0. The van der Waals surface area contributed by atoms with Gasteiger partial charge in [0, 0.05) is 20.7 Å². The molecular weight excluding hydrogens is 550 g/mol. The van der Waals surface area contributed by atoms with Gasteiger partial charge in [0.05, 0.1) is 5.69 Å². The molecule has 8 nitrogen and oxygen atoms in total. The molecule has 1 aliphatic heterocycles. The third kappa shape index (κ3) is 5.48. The number of para-hydroxylation sites is 1. The lowest BCUT2D eigenvalue weighted by molar-refractivity contribution is -0.122. The second kappa shape index (κ2) is 10.8. The molecule has 0 unspecified atom stereocenters. The molecule has 4 rings (SSSR count). The minimum absolute atomic E-state index is 0.256. The summed E-state index contributed by atoms with van der Waals surface area (Å²) >= 11 is 9.53. The molecule has 36 heavy (non-hydrogen) atoms. The predicted molar refractivity (Wildman–Crippen MR) is 140 cm³/mol. The highest BCUT2D eigenvalue weighted by molar-refractivity contribution is 9.10. The van der Waals surface area contributed by atoms with E-state index in [0.717, 1.165) is 4.90 Å². The van der Waals surface area contributed by atoms with Crippen LogP contribution >= 0.6 is 27.5 Å². The first-order chi connectivity index (χ1) is 17.2. The van der Waals surface area contributed by atoms with E-state index in [2.05, 4.69) is 26.6 Å². The Labute approximate surface area is 220 Å². The van der Waals surface area contributed by atoms with Gasteiger partial charge in [-0.25, -0.2) is 9.69 Å². The van der Waals surface area contributed by atoms with Crippen molar-refractivity contribution in [2.45, 2.75) is 6.92 Å². The number of anilines is 2.